The number of carbonyl (C=O) groups is 2. The van der Waals surface area contributed by atoms with Gasteiger partial charge in [-0.25, -0.2) is 0 Å². The molecule has 0 bridgehead atoms. The minimum Gasteiger partial charge on any atom is -0.355 e. The van der Waals surface area contributed by atoms with E-state index in [1.165, 1.54) is 0 Å². The lowest BCUT2D eigenvalue weighted by molar-refractivity contribution is 0.0959. The maximum absolute atomic E-state index is 12.2. The molecule has 2 amide bonds. The van der Waals surface area contributed by atoms with E-state index in [-0.39, 0.29) is 16.9 Å². The van der Waals surface area contributed by atoms with Crippen LogP contribution in [0.15, 0.2) is 53.0 Å². The second-order valence-corrected chi connectivity index (χ2v) is 5.81. The summed E-state index contributed by atoms with van der Waals surface area (Å²) in [6.45, 7) is 0. The summed E-state index contributed by atoms with van der Waals surface area (Å²) in [5.74, 6) is -0.519. The molecule has 0 saturated heterocycles. The van der Waals surface area contributed by atoms with E-state index >= 15 is 0 Å². The molecule has 0 unspecified atom stereocenters. The molecule has 0 aliphatic carbocycles. The molecule has 118 valence electrons. The van der Waals surface area contributed by atoms with Crippen molar-refractivity contribution < 1.29 is 9.59 Å². The van der Waals surface area contributed by atoms with Crippen molar-refractivity contribution in [3.63, 3.8) is 0 Å². The Balaban J connectivity index is 2.04. The average molecular weight is 392 g/mol. The van der Waals surface area contributed by atoms with Crippen molar-refractivity contribution in [2.75, 3.05) is 12.4 Å². The molecule has 3 N–H and O–H groups in total. The Morgan fingerprint density at radius 1 is 1.04 bits per heavy atom. The summed E-state index contributed by atoms with van der Waals surface area (Å²) in [6.07, 6.45) is 0. The Hall–Kier alpha value is -2.25. The van der Waals surface area contributed by atoms with Gasteiger partial charge < -0.3 is 10.6 Å². The first kappa shape index (κ1) is 17.1. The lowest BCUT2D eigenvalue weighted by atomic mass is 10.2. The highest BCUT2D eigenvalue weighted by Gasteiger charge is 2.11. The maximum Gasteiger partial charge on any atom is 0.258 e. The van der Waals surface area contributed by atoms with Gasteiger partial charge >= 0.3 is 0 Å². The fourth-order valence-electron chi connectivity index (χ4n) is 1.86. The number of rotatable bonds is 3. The van der Waals surface area contributed by atoms with E-state index in [0.29, 0.717) is 21.3 Å². The van der Waals surface area contributed by atoms with Crippen LogP contribution in [-0.2, 0) is 0 Å². The Kier molecular flexibility index (Phi) is 5.84. The van der Waals surface area contributed by atoms with Gasteiger partial charge in [0, 0.05) is 22.8 Å². The van der Waals surface area contributed by atoms with Gasteiger partial charge in [-0.05, 0) is 58.5 Å². The van der Waals surface area contributed by atoms with Crippen molar-refractivity contribution in [2.45, 2.75) is 0 Å². The number of hydrogen-bond acceptors (Lipinski definition) is 3. The van der Waals surface area contributed by atoms with E-state index in [4.69, 9.17) is 12.2 Å². The molecule has 0 aliphatic heterocycles. The number of amides is 2. The number of thiocarbonyl (C=S) groups is 1. The van der Waals surface area contributed by atoms with Crippen molar-refractivity contribution in [1.29, 1.82) is 0 Å². The molecule has 0 aromatic heterocycles. The third-order valence-corrected chi connectivity index (χ3v) is 3.85. The van der Waals surface area contributed by atoms with Crippen LogP contribution in [0, 0.1) is 0 Å². The Morgan fingerprint density at radius 2 is 1.78 bits per heavy atom. The Labute approximate surface area is 147 Å². The maximum atomic E-state index is 12.2. The summed E-state index contributed by atoms with van der Waals surface area (Å²) in [7, 11) is 1.56. The summed E-state index contributed by atoms with van der Waals surface area (Å²) in [5, 5.41) is 8.18. The van der Waals surface area contributed by atoms with Crippen LogP contribution in [0.5, 0.6) is 0 Å². The number of hydrogen-bond donors (Lipinski definition) is 3. The Morgan fingerprint density at radius 3 is 2.48 bits per heavy atom. The highest BCUT2D eigenvalue weighted by atomic mass is 79.9. The molecular weight excluding hydrogens is 378 g/mol. The minimum absolute atomic E-state index is 0.153. The first-order chi connectivity index (χ1) is 11.0. The van der Waals surface area contributed by atoms with Crippen molar-refractivity contribution in [1.82, 2.24) is 10.6 Å². The van der Waals surface area contributed by atoms with Crippen LogP contribution in [0.1, 0.15) is 20.7 Å². The second-order valence-electron chi connectivity index (χ2n) is 4.55. The zero-order valence-electron chi connectivity index (χ0n) is 12.2. The number of anilines is 1. The number of halogens is 1. The van der Waals surface area contributed by atoms with E-state index < -0.39 is 0 Å². The highest BCUT2D eigenvalue weighted by molar-refractivity contribution is 9.10. The van der Waals surface area contributed by atoms with Crippen LogP contribution in [0.4, 0.5) is 5.69 Å². The van der Waals surface area contributed by atoms with E-state index in [0.717, 1.165) is 0 Å². The summed E-state index contributed by atoms with van der Waals surface area (Å²) < 4.78 is 0.682. The number of carbonyl (C=O) groups excluding carboxylic acids is 2. The molecule has 2 aromatic rings. The molecule has 2 aromatic carbocycles. The molecule has 0 radical (unpaired) electrons. The van der Waals surface area contributed by atoms with Crippen LogP contribution in [0.2, 0.25) is 0 Å². The van der Waals surface area contributed by atoms with Gasteiger partial charge in [-0.15, -0.1) is 0 Å². The van der Waals surface area contributed by atoms with Gasteiger partial charge in [-0.3, -0.25) is 14.9 Å². The zero-order valence-corrected chi connectivity index (χ0v) is 14.6. The summed E-state index contributed by atoms with van der Waals surface area (Å²) in [6, 6.07) is 13.9. The van der Waals surface area contributed by atoms with E-state index in [9.17, 15) is 9.59 Å². The van der Waals surface area contributed by atoms with E-state index in [1.807, 2.05) is 6.07 Å². The van der Waals surface area contributed by atoms with Gasteiger partial charge in [-0.2, -0.15) is 0 Å². The molecule has 0 atom stereocenters. The second kappa shape index (κ2) is 7.85. The quantitative estimate of drug-likeness (QED) is 0.703. The lowest BCUT2D eigenvalue weighted by Crippen LogP contribution is -2.34. The third-order valence-electron chi connectivity index (χ3n) is 2.96. The lowest BCUT2D eigenvalue weighted by Gasteiger charge is -2.11. The predicted molar refractivity (Wildman–Crippen MR) is 97.7 cm³/mol. The first-order valence-corrected chi connectivity index (χ1v) is 7.90. The minimum atomic E-state index is -0.322. The summed E-state index contributed by atoms with van der Waals surface area (Å²) >= 11 is 8.45. The standard InChI is InChI=1S/C16H14BrN3O2S/c1-18-14(21)10-5-4-6-11(9-10)19-16(23)20-15(22)12-7-2-3-8-13(12)17/h2-9H,1H3,(H,18,21)(H2,19,20,22,23). The van der Waals surface area contributed by atoms with Gasteiger partial charge in [0.05, 0.1) is 5.56 Å². The monoisotopic (exact) mass is 391 g/mol. The predicted octanol–water partition coefficient (Wildman–Crippen LogP) is 2.94. The van der Waals surface area contributed by atoms with E-state index in [2.05, 4.69) is 31.9 Å². The van der Waals surface area contributed by atoms with Crippen LogP contribution in [0.3, 0.4) is 0 Å². The van der Waals surface area contributed by atoms with Crippen molar-refractivity contribution >= 4 is 50.8 Å². The fraction of sp³-hybridized carbons (Fsp3) is 0.0625. The smallest absolute Gasteiger partial charge is 0.258 e. The molecule has 2 rings (SSSR count). The molecule has 5 nitrogen and oxygen atoms in total. The number of nitrogens with one attached hydrogen (secondary N) is 3. The zero-order chi connectivity index (χ0) is 16.8. The third kappa shape index (κ3) is 4.61. The van der Waals surface area contributed by atoms with Gasteiger partial charge in [-0.1, -0.05) is 18.2 Å². The largest absolute Gasteiger partial charge is 0.355 e. The number of benzene rings is 2. The van der Waals surface area contributed by atoms with Gasteiger partial charge in [0.15, 0.2) is 5.11 Å². The van der Waals surface area contributed by atoms with E-state index in [1.54, 1.807) is 49.5 Å². The van der Waals surface area contributed by atoms with Crippen LogP contribution in [0.25, 0.3) is 0 Å². The normalized spacial score (nSPS) is 9.83. The Bertz CT molecular complexity index is 764. The van der Waals surface area contributed by atoms with Gasteiger partial charge in [0.1, 0.15) is 0 Å². The summed E-state index contributed by atoms with van der Waals surface area (Å²) in [5.41, 5.74) is 1.59. The first-order valence-electron chi connectivity index (χ1n) is 6.70. The molecule has 7 heteroatoms. The topological polar surface area (TPSA) is 70.2 Å². The van der Waals surface area contributed by atoms with Gasteiger partial charge in [0.2, 0.25) is 0 Å². The average Bonchev–Trinajstić information content (AvgIpc) is 2.54. The highest BCUT2D eigenvalue weighted by Crippen LogP contribution is 2.16. The molecule has 0 fully saturated rings. The molecule has 0 saturated carbocycles. The van der Waals surface area contributed by atoms with Crippen molar-refractivity contribution in [3.05, 3.63) is 64.1 Å². The SMILES string of the molecule is CNC(=O)c1cccc(NC(=S)NC(=O)c2ccccc2Br)c1. The van der Waals surface area contributed by atoms with Crippen LogP contribution >= 0.6 is 28.1 Å². The van der Waals surface area contributed by atoms with Crippen LogP contribution < -0.4 is 16.0 Å². The van der Waals surface area contributed by atoms with Crippen molar-refractivity contribution in [3.8, 4) is 0 Å². The van der Waals surface area contributed by atoms with Gasteiger partial charge in [0.25, 0.3) is 11.8 Å². The molecule has 23 heavy (non-hydrogen) atoms. The molecule has 0 spiro atoms. The molecular formula is C16H14BrN3O2S. The molecule has 0 aliphatic rings. The summed E-state index contributed by atoms with van der Waals surface area (Å²) in [4.78, 5) is 23.8. The van der Waals surface area contributed by atoms with Crippen LogP contribution in [-0.4, -0.2) is 24.0 Å². The fourth-order valence-corrected chi connectivity index (χ4v) is 2.54. The molecule has 0 heterocycles. The van der Waals surface area contributed by atoms with Crippen molar-refractivity contribution in [2.24, 2.45) is 0 Å².